The van der Waals surface area contributed by atoms with Crippen LogP contribution in [0.5, 0.6) is 0 Å². The van der Waals surface area contributed by atoms with Gasteiger partial charge in [-0.15, -0.1) is 0 Å². The molecule has 0 bridgehead atoms. The standard InChI is InChI=1S/C13H11BrN2O/c1-9-6-12(15-17-9)8-16-5-4-10-7-11(14)2-3-13(10)16/h2-7H,8H2,1H3. The van der Waals surface area contributed by atoms with Crippen LogP contribution in [-0.2, 0) is 6.54 Å². The van der Waals surface area contributed by atoms with Gasteiger partial charge in [0.15, 0.2) is 0 Å². The number of fused-ring (bicyclic) bond motifs is 1. The molecule has 3 rings (SSSR count). The van der Waals surface area contributed by atoms with Gasteiger partial charge in [0.1, 0.15) is 11.5 Å². The molecule has 0 radical (unpaired) electrons. The predicted molar refractivity (Wildman–Crippen MR) is 70.0 cm³/mol. The van der Waals surface area contributed by atoms with Crippen molar-refractivity contribution in [2.24, 2.45) is 0 Å². The van der Waals surface area contributed by atoms with Crippen molar-refractivity contribution in [2.75, 3.05) is 0 Å². The molecule has 3 nitrogen and oxygen atoms in total. The van der Waals surface area contributed by atoms with E-state index >= 15 is 0 Å². The van der Waals surface area contributed by atoms with E-state index in [0.29, 0.717) is 0 Å². The Kier molecular flexibility index (Phi) is 2.52. The largest absolute Gasteiger partial charge is 0.361 e. The molecule has 86 valence electrons. The monoisotopic (exact) mass is 290 g/mol. The van der Waals surface area contributed by atoms with Crippen molar-refractivity contribution in [3.63, 3.8) is 0 Å². The Morgan fingerprint density at radius 1 is 1.29 bits per heavy atom. The molecule has 4 heteroatoms. The van der Waals surface area contributed by atoms with Crippen molar-refractivity contribution < 1.29 is 4.52 Å². The molecule has 2 heterocycles. The first-order valence-corrected chi connectivity index (χ1v) is 6.18. The highest BCUT2D eigenvalue weighted by molar-refractivity contribution is 9.10. The minimum Gasteiger partial charge on any atom is -0.361 e. The fourth-order valence-electron chi connectivity index (χ4n) is 1.98. The van der Waals surface area contributed by atoms with Crippen molar-refractivity contribution in [1.82, 2.24) is 9.72 Å². The van der Waals surface area contributed by atoms with Crippen LogP contribution >= 0.6 is 15.9 Å². The number of aromatic nitrogens is 2. The maximum atomic E-state index is 5.07. The van der Waals surface area contributed by atoms with E-state index in [2.05, 4.69) is 50.0 Å². The fourth-order valence-corrected chi connectivity index (χ4v) is 2.35. The quantitative estimate of drug-likeness (QED) is 0.720. The summed E-state index contributed by atoms with van der Waals surface area (Å²) in [6.07, 6.45) is 2.07. The number of rotatable bonds is 2. The summed E-state index contributed by atoms with van der Waals surface area (Å²) in [5.41, 5.74) is 2.15. The zero-order chi connectivity index (χ0) is 11.8. The lowest BCUT2D eigenvalue weighted by atomic mass is 10.2. The first-order valence-electron chi connectivity index (χ1n) is 5.39. The zero-order valence-corrected chi connectivity index (χ0v) is 10.9. The van der Waals surface area contributed by atoms with E-state index in [9.17, 15) is 0 Å². The molecule has 0 saturated heterocycles. The van der Waals surface area contributed by atoms with Gasteiger partial charge in [0.05, 0.1) is 6.54 Å². The SMILES string of the molecule is Cc1cc(Cn2ccc3cc(Br)ccc32)no1. The van der Waals surface area contributed by atoms with Crippen LogP contribution in [0.25, 0.3) is 10.9 Å². The summed E-state index contributed by atoms with van der Waals surface area (Å²) in [5, 5.41) is 5.23. The molecule has 0 aliphatic heterocycles. The van der Waals surface area contributed by atoms with E-state index in [4.69, 9.17) is 4.52 Å². The molecule has 0 amide bonds. The van der Waals surface area contributed by atoms with Crippen LogP contribution in [-0.4, -0.2) is 9.72 Å². The summed E-state index contributed by atoms with van der Waals surface area (Å²) < 4.78 is 8.34. The Labute approximate surface area is 107 Å². The second kappa shape index (κ2) is 4.04. The van der Waals surface area contributed by atoms with Gasteiger partial charge in [0.2, 0.25) is 0 Å². The van der Waals surface area contributed by atoms with Gasteiger partial charge in [-0.2, -0.15) is 0 Å². The van der Waals surface area contributed by atoms with Gasteiger partial charge >= 0.3 is 0 Å². The van der Waals surface area contributed by atoms with E-state index in [0.717, 1.165) is 22.5 Å². The van der Waals surface area contributed by atoms with E-state index in [1.807, 2.05) is 19.1 Å². The molecule has 0 saturated carbocycles. The maximum absolute atomic E-state index is 5.07. The van der Waals surface area contributed by atoms with Crippen LogP contribution in [0.4, 0.5) is 0 Å². The molecule has 0 atom stereocenters. The summed E-state index contributed by atoms with van der Waals surface area (Å²) in [4.78, 5) is 0. The van der Waals surface area contributed by atoms with Gasteiger partial charge in [-0.3, -0.25) is 0 Å². The predicted octanol–water partition coefficient (Wildman–Crippen LogP) is 3.75. The number of halogens is 1. The van der Waals surface area contributed by atoms with Crippen LogP contribution in [0.15, 0.2) is 45.5 Å². The number of aryl methyl sites for hydroxylation is 1. The van der Waals surface area contributed by atoms with Crippen LogP contribution in [0.2, 0.25) is 0 Å². The van der Waals surface area contributed by atoms with Crippen molar-refractivity contribution in [3.05, 3.63) is 52.5 Å². The highest BCUT2D eigenvalue weighted by atomic mass is 79.9. The normalized spacial score (nSPS) is 11.2. The third kappa shape index (κ3) is 2.00. The molecule has 2 aromatic heterocycles. The molecule has 1 aromatic carbocycles. The Morgan fingerprint density at radius 2 is 2.18 bits per heavy atom. The fraction of sp³-hybridized carbons (Fsp3) is 0.154. The van der Waals surface area contributed by atoms with Crippen molar-refractivity contribution in [1.29, 1.82) is 0 Å². The third-order valence-electron chi connectivity index (χ3n) is 2.74. The molecule has 0 aliphatic carbocycles. The molecule has 0 fully saturated rings. The van der Waals surface area contributed by atoms with Gasteiger partial charge in [0.25, 0.3) is 0 Å². The van der Waals surface area contributed by atoms with Crippen LogP contribution in [0.3, 0.4) is 0 Å². The second-order valence-corrected chi connectivity index (χ2v) is 4.99. The zero-order valence-electron chi connectivity index (χ0n) is 9.35. The van der Waals surface area contributed by atoms with Crippen LogP contribution in [0.1, 0.15) is 11.5 Å². The minimum absolute atomic E-state index is 0.739. The Morgan fingerprint density at radius 3 is 2.94 bits per heavy atom. The highest BCUT2D eigenvalue weighted by Crippen LogP contribution is 2.21. The van der Waals surface area contributed by atoms with Crippen molar-refractivity contribution >= 4 is 26.8 Å². The van der Waals surface area contributed by atoms with Gasteiger partial charge in [-0.05, 0) is 31.2 Å². The molecular formula is C13H11BrN2O. The summed E-state index contributed by atoms with van der Waals surface area (Å²) >= 11 is 3.48. The number of hydrogen-bond acceptors (Lipinski definition) is 2. The summed E-state index contributed by atoms with van der Waals surface area (Å²) in [7, 11) is 0. The molecule has 17 heavy (non-hydrogen) atoms. The Balaban J connectivity index is 2.00. The average molecular weight is 291 g/mol. The summed E-state index contributed by atoms with van der Waals surface area (Å²) in [6.45, 7) is 2.64. The summed E-state index contributed by atoms with van der Waals surface area (Å²) in [5.74, 6) is 0.846. The molecule has 0 N–H and O–H groups in total. The highest BCUT2D eigenvalue weighted by Gasteiger charge is 2.05. The summed E-state index contributed by atoms with van der Waals surface area (Å²) in [6, 6.07) is 10.3. The smallest absolute Gasteiger partial charge is 0.133 e. The maximum Gasteiger partial charge on any atom is 0.133 e. The lowest BCUT2D eigenvalue weighted by Crippen LogP contribution is -1.97. The molecule has 0 aliphatic rings. The molecule has 0 unspecified atom stereocenters. The van der Waals surface area contributed by atoms with Gasteiger partial charge in [-0.25, -0.2) is 0 Å². The Hall–Kier alpha value is -1.55. The van der Waals surface area contributed by atoms with Gasteiger partial charge < -0.3 is 9.09 Å². The first-order chi connectivity index (χ1) is 8.22. The van der Waals surface area contributed by atoms with Crippen LogP contribution < -0.4 is 0 Å². The van der Waals surface area contributed by atoms with Crippen molar-refractivity contribution in [2.45, 2.75) is 13.5 Å². The molecule has 3 aromatic rings. The van der Waals surface area contributed by atoms with Crippen molar-refractivity contribution in [3.8, 4) is 0 Å². The van der Waals surface area contributed by atoms with Gasteiger partial charge in [-0.1, -0.05) is 21.1 Å². The molecular weight excluding hydrogens is 280 g/mol. The lowest BCUT2D eigenvalue weighted by Gasteiger charge is -2.02. The number of hydrogen-bond donors (Lipinski definition) is 0. The Bertz CT molecular complexity index is 669. The van der Waals surface area contributed by atoms with Gasteiger partial charge in [0, 0.05) is 27.6 Å². The van der Waals surface area contributed by atoms with E-state index in [-0.39, 0.29) is 0 Å². The minimum atomic E-state index is 0.739. The third-order valence-corrected chi connectivity index (χ3v) is 3.24. The second-order valence-electron chi connectivity index (χ2n) is 4.08. The van der Waals surface area contributed by atoms with E-state index in [1.165, 1.54) is 10.9 Å². The van der Waals surface area contributed by atoms with E-state index in [1.54, 1.807) is 0 Å². The van der Waals surface area contributed by atoms with E-state index < -0.39 is 0 Å². The van der Waals surface area contributed by atoms with Crippen LogP contribution in [0, 0.1) is 6.92 Å². The number of benzene rings is 1. The first kappa shape index (κ1) is 10.6. The lowest BCUT2D eigenvalue weighted by molar-refractivity contribution is 0.389. The topological polar surface area (TPSA) is 31.0 Å². The number of nitrogens with zero attached hydrogens (tertiary/aromatic N) is 2. The molecule has 0 spiro atoms. The average Bonchev–Trinajstić information content (AvgIpc) is 2.86.